The molecule has 0 radical (unpaired) electrons. The minimum Gasteiger partial charge on any atom is -0.395 e. The van der Waals surface area contributed by atoms with Crippen LogP contribution in [-0.4, -0.2) is 48.2 Å². The summed E-state index contributed by atoms with van der Waals surface area (Å²) >= 11 is 0. The Morgan fingerprint density at radius 1 is 1.12 bits per heavy atom. The third kappa shape index (κ3) is 3.97. The van der Waals surface area contributed by atoms with Crippen molar-refractivity contribution < 1.29 is 14.7 Å². The monoisotopic (exact) mass is 339 g/mol. The smallest absolute Gasteiger partial charge is 0.321 e. The topological polar surface area (TPSA) is 72.9 Å². The van der Waals surface area contributed by atoms with Gasteiger partial charge in [-0.05, 0) is 29.8 Å². The van der Waals surface area contributed by atoms with Crippen molar-refractivity contribution in [2.75, 3.05) is 31.1 Å². The molecule has 0 bridgehead atoms. The van der Waals surface area contributed by atoms with Crippen LogP contribution in [-0.2, 0) is 6.54 Å². The van der Waals surface area contributed by atoms with Crippen molar-refractivity contribution in [3.8, 4) is 0 Å². The van der Waals surface area contributed by atoms with E-state index < -0.39 is 0 Å². The summed E-state index contributed by atoms with van der Waals surface area (Å²) in [6.07, 6.45) is 0. The van der Waals surface area contributed by atoms with Gasteiger partial charge in [0.2, 0.25) is 0 Å². The molecule has 0 atom stereocenters. The average Bonchev–Trinajstić information content (AvgIpc) is 3.08. The maximum absolute atomic E-state index is 12.8. The van der Waals surface area contributed by atoms with E-state index in [9.17, 15) is 14.7 Å². The molecular weight excluding hydrogens is 318 g/mol. The molecule has 0 unspecified atom stereocenters. The Bertz CT molecular complexity index is 731. The molecule has 25 heavy (non-hydrogen) atoms. The van der Waals surface area contributed by atoms with Gasteiger partial charge in [-0.3, -0.25) is 9.69 Å². The van der Waals surface area contributed by atoms with Gasteiger partial charge in [-0.15, -0.1) is 0 Å². The van der Waals surface area contributed by atoms with Gasteiger partial charge in [0.15, 0.2) is 0 Å². The number of nitrogens with one attached hydrogen (secondary N) is 1. The second kappa shape index (κ2) is 7.81. The number of hydrogen-bond donors (Lipinski definition) is 2. The number of anilines is 1. The van der Waals surface area contributed by atoms with Gasteiger partial charge in [0.05, 0.1) is 6.61 Å². The molecule has 2 aromatic rings. The van der Waals surface area contributed by atoms with Crippen molar-refractivity contribution in [2.24, 2.45) is 0 Å². The summed E-state index contributed by atoms with van der Waals surface area (Å²) in [7, 11) is 0. The lowest BCUT2D eigenvalue weighted by molar-refractivity contribution is 0.0708. The highest BCUT2D eigenvalue weighted by atomic mass is 16.3. The van der Waals surface area contributed by atoms with E-state index in [1.54, 1.807) is 34.1 Å². The van der Waals surface area contributed by atoms with E-state index in [0.29, 0.717) is 25.2 Å². The first-order chi connectivity index (χ1) is 12.2. The molecule has 130 valence electrons. The van der Waals surface area contributed by atoms with Gasteiger partial charge in [0, 0.05) is 37.4 Å². The number of aliphatic hydroxyl groups is 1. The number of benzene rings is 2. The molecule has 1 fully saturated rings. The quantitative estimate of drug-likeness (QED) is 0.844. The highest BCUT2D eigenvalue weighted by Gasteiger charge is 2.22. The minimum atomic E-state index is -0.143. The highest BCUT2D eigenvalue weighted by molar-refractivity contribution is 5.97. The first kappa shape index (κ1) is 17.0. The standard InChI is InChI=1S/C19H21N3O3/c23-13-12-21(14-15-4-2-1-3-5-15)18(24)16-6-8-17(9-7-16)22-11-10-20-19(22)25/h1-9,23H,10-14H2,(H,20,25). The van der Waals surface area contributed by atoms with E-state index in [0.717, 1.165) is 11.3 Å². The Labute approximate surface area is 146 Å². The van der Waals surface area contributed by atoms with Gasteiger partial charge in [0.25, 0.3) is 5.91 Å². The van der Waals surface area contributed by atoms with E-state index in [-0.39, 0.29) is 25.1 Å². The summed E-state index contributed by atoms with van der Waals surface area (Å²) in [5.41, 5.74) is 2.31. The third-order valence-electron chi connectivity index (χ3n) is 4.16. The fourth-order valence-electron chi connectivity index (χ4n) is 2.86. The highest BCUT2D eigenvalue weighted by Crippen LogP contribution is 2.18. The summed E-state index contributed by atoms with van der Waals surface area (Å²) < 4.78 is 0. The maximum atomic E-state index is 12.8. The van der Waals surface area contributed by atoms with Crippen molar-refractivity contribution in [2.45, 2.75) is 6.54 Å². The molecule has 6 heteroatoms. The second-order valence-electron chi connectivity index (χ2n) is 5.87. The van der Waals surface area contributed by atoms with Crippen LogP contribution in [0.1, 0.15) is 15.9 Å². The van der Waals surface area contributed by atoms with Crippen LogP contribution < -0.4 is 10.2 Å². The Morgan fingerprint density at radius 2 is 1.84 bits per heavy atom. The zero-order chi connectivity index (χ0) is 17.6. The predicted molar refractivity (Wildman–Crippen MR) is 95.5 cm³/mol. The van der Waals surface area contributed by atoms with Crippen LogP contribution in [0.2, 0.25) is 0 Å². The first-order valence-electron chi connectivity index (χ1n) is 8.28. The SMILES string of the molecule is O=C(c1ccc(N2CCNC2=O)cc1)N(CCO)Cc1ccccc1. The van der Waals surface area contributed by atoms with E-state index in [1.807, 2.05) is 30.3 Å². The number of hydrogen-bond acceptors (Lipinski definition) is 3. The van der Waals surface area contributed by atoms with Gasteiger partial charge < -0.3 is 15.3 Å². The number of carbonyl (C=O) groups is 2. The first-order valence-corrected chi connectivity index (χ1v) is 8.28. The van der Waals surface area contributed by atoms with Crippen molar-refractivity contribution in [1.29, 1.82) is 0 Å². The van der Waals surface area contributed by atoms with Gasteiger partial charge in [-0.25, -0.2) is 4.79 Å². The van der Waals surface area contributed by atoms with Gasteiger partial charge in [-0.1, -0.05) is 30.3 Å². The average molecular weight is 339 g/mol. The number of rotatable bonds is 6. The number of nitrogens with zero attached hydrogens (tertiary/aromatic N) is 2. The molecule has 1 aliphatic rings. The van der Waals surface area contributed by atoms with Gasteiger partial charge >= 0.3 is 6.03 Å². The summed E-state index contributed by atoms with van der Waals surface area (Å²) in [4.78, 5) is 27.7. The molecular formula is C19H21N3O3. The molecule has 2 N–H and O–H groups in total. The summed E-state index contributed by atoms with van der Waals surface area (Å²) in [5, 5.41) is 12.0. The van der Waals surface area contributed by atoms with E-state index >= 15 is 0 Å². The van der Waals surface area contributed by atoms with E-state index in [2.05, 4.69) is 5.32 Å². The van der Waals surface area contributed by atoms with E-state index in [1.165, 1.54) is 0 Å². The molecule has 0 aliphatic carbocycles. The van der Waals surface area contributed by atoms with Crippen LogP contribution in [0.4, 0.5) is 10.5 Å². The third-order valence-corrected chi connectivity index (χ3v) is 4.16. The molecule has 0 aromatic heterocycles. The fraction of sp³-hybridized carbons (Fsp3) is 0.263. The number of aliphatic hydroxyl groups excluding tert-OH is 1. The fourth-order valence-corrected chi connectivity index (χ4v) is 2.86. The lowest BCUT2D eigenvalue weighted by atomic mass is 10.1. The van der Waals surface area contributed by atoms with Crippen LogP contribution in [0.15, 0.2) is 54.6 Å². The minimum absolute atomic E-state index is 0.0927. The molecule has 1 saturated heterocycles. The Morgan fingerprint density at radius 3 is 2.44 bits per heavy atom. The predicted octanol–water partition coefficient (Wildman–Crippen LogP) is 1.85. The second-order valence-corrected chi connectivity index (χ2v) is 5.87. The molecule has 0 saturated carbocycles. The number of amides is 3. The molecule has 3 amide bonds. The van der Waals surface area contributed by atoms with Crippen LogP contribution in [0.3, 0.4) is 0 Å². The summed E-state index contributed by atoms with van der Waals surface area (Å²) in [6.45, 7) is 1.86. The van der Waals surface area contributed by atoms with Crippen LogP contribution in [0.5, 0.6) is 0 Å². The molecule has 1 heterocycles. The molecule has 6 nitrogen and oxygen atoms in total. The summed E-state index contributed by atoms with van der Waals surface area (Å²) in [5.74, 6) is -0.143. The largest absolute Gasteiger partial charge is 0.395 e. The van der Waals surface area contributed by atoms with Crippen molar-refractivity contribution in [3.63, 3.8) is 0 Å². The van der Waals surface area contributed by atoms with Crippen molar-refractivity contribution in [1.82, 2.24) is 10.2 Å². The lowest BCUT2D eigenvalue weighted by Gasteiger charge is -2.22. The van der Waals surface area contributed by atoms with Gasteiger partial charge in [0.1, 0.15) is 0 Å². The van der Waals surface area contributed by atoms with Crippen LogP contribution >= 0.6 is 0 Å². The molecule has 0 spiro atoms. The van der Waals surface area contributed by atoms with Crippen molar-refractivity contribution in [3.05, 3.63) is 65.7 Å². The molecule has 2 aromatic carbocycles. The van der Waals surface area contributed by atoms with Crippen LogP contribution in [0.25, 0.3) is 0 Å². The van der Waals surface area contributed by atoms with Crippen molar-refractivity contribution >= 4 is 17.6 Å². The normalized spacial score (nSPS) is 13.6. The zero-order valence-corrected chi connectivity index (χ0v) is 13.9. The lowest BCUT2D eigenvalue weighted by Crippen LogP contribution is -2.33. The molecule has 3 rings (SSSR count). The maximum Gasteiger partial charge on any atom is 0.321 e. The van der Waals surface area contributed by atoms with E-state index in [4.69, 9.17) is 0 Å². The Balaban J connectivity index is 1.74. The summed E-state index contributed by atoms with van der Waals surface area (Å²) in [6, 6.07) is 16.5. The molecule has 1 aliphatic heterocycles. The zero-order valence-electron chi connectivity index (χ0n) is 13.9. The van der Waals surface area contributed by atoms with Gasteiger partial charge in [-0.2, -0.15) is 0 Å². The Hall–Kier alpha value is -2.86. The number of carbonyl (C=O) groups excluding carboxylic acids is 2. The van der Waals surface area contributed by atoms with Crippen LogP contribution in [0, 0.1) is 0 Å². The Kier molecular flexibility index (Phi) is 5.30. The number of urea groups is 1.